The minimum atomic E-state index is 0.381. The maximum atomic E-state index is 5.40. The summed E-state index contributed by atoms with van der Waals surface area (Å²) in [6.45, 7) is 2.08. The van der Waals surface area contributed by atoms with Crippen LogP contribution in [0, 0.1) is 0 Å². The highest BCUT2D eigenvalue weighted by atomic mass is 79.9. The van der Waals surface area contributed by atoms with E-state index in [9.17, 15) is 0 Å². The van der Waals surface area contributed by atoms with E-state index in [-0.39, 0.29) is 0 Å². The number of anilines is 1. The second-order valence-electron chi connectivity index (χ2n) is 4.00. The van der Waals surface area contributed by atoms with Gasteiger partial charge in [0.25, 0.3) is 0 Å². The molecular weight excluding hydrogens is 334 g/mol. The van der Waals surface area contributed by atoms with Crippen molar-refractivity contribution in [3.05, 3.63) is 28.2 Å². The lowest BCUT2D eigenvalue weighted by Crippen LogP contribution is -2.23. The molecule has 0 radical (unpaired) electrons. The van der Waals surface area contributed by atoms with Crippen molar-refractivity contribution >= 4 is 37.5 Å². The minimum absolute atomic E-state index is 0.381. The van der Waals surface area contributed by atoms with Crippen LogP contribution in [0.15, 0.2) is 22.7 Å². The molecule has 1 heterocycles. The van der Waals surface area contributed by atoms with Gasteiger partial charge in [-0.1, -0.05) is 31.9 Å². The molecular formula is C12H15Br2NO. The molecule has 2 nitrogen and oxygen atoms in total. The SMILES string of the molecule is COC1CCN(c2ccc(Br)cc2CBr)C1. The molecule has 1 atom stereocenters. The first-order chi connectivity index (χ1) is 7.74. The molecule has 0 aromatic heterocycles. The maximum Gasteiger partial charge on any atom is 0.0762 e. The van der Waals surface area contributed by atoms with Gasteiger partial charge in [-0.3, -0.25) is 0 Å². The van der Waals surface area contributed by atoms with E-state index in [2.05, 4.69) is 55.0 Å². The Morgan fingerprint density at radius 1 is 1.50 bits per heavy atom. The molecule has 0 aliphatic carbocycles. The van der Waals surface area contributed by atoms with Crippen molar-refractivity contribution in [1.29, 1.82) is 0 Å². The third kappa shape index (κ3) is 2.60. The van der Waals surface area contributed by atoms with Gasteiger partial charge in [-0.2, -0.15) is 0 Å². The standard InChI is InChI=1S/C12H15Br2NO/c1-16-11-4-5-15(8-11)12-3-2-10(14)6-9(12)7-13/h2-3,6,11H,4-5,7-8H2,1H3. The Morgan fingerprint density at radius 2 is 2.31 bits per heavy atom. The molecule has 1 unspecified atom stereocenters. The summed E-state index contributed by atoms with van der Waals surface area (Å²) in [6.07, 6.45) is 1.50. The average Bonchev–Trinajstić information content (AvgIpc) is 2.77. The van der Waals surface area contributed by atoms with E-state index in [4.69, 9.17) is 4.74 Å². The van der Waals surface area contributed by atoms with Crippen LogP contribution in [-0.4, -0.2) is 26.3 Å². The highest BCUT2D eigenvalue weighted by Crippen LogP contribution is 2.29. The van der Waals surface area contributed by atoms with Crippen LogP contribution in [0.25, 0.3) is 0 Å². The number of methoxy groups -OCH3 is 1. The first-order valence-corrected chi connectivity index (χ1v) is 7.28. The lowest BCUT2D eigenvalue weighted by molar-refractivity contribution is 0.121. The van der Waals surface area contributed by atoms with E-state index in [0.29, 0.717) is 6.10 Å². The van der Waals surface area contributed by atoms with E-state index < -0.39 is 0 Å². The number of hydrogen-bond acceptors (Lipinski definition) is 2. The van der Waals surface area contributed by atoms with Gasteiger partial charge in [-0.25, -0.2) is 0 Å². The number of hydrogen-bond donors (Lipinski definition) is 0. The van der Waals surface area contributed by atoms with Gasteiger partial charge in [0.05, 0.1) is 6.10 Å². The van der Waals surface area contributed by atoms with Crippen molar-refractivity contribution in [2.75, 3.05) is 25.1 Å². The molecule has 1 saturated heterocycles. The molecule has 0 bridgehead atoms. The van der Waals surface area contributed by atoms with Crippen LogP contribution in [0.3, 0.4) is 0 Å². The molecule has 0 amide bonds. The number of nitrogens with zero attached hydrogens (tertiary/aromatic N) is 1. The van der Waals surface area contributed by atoms with Gasteiger partial charge in [0.2, 0.25) is 0 Å². The van der Waals surface area contributed by atoms with Crippen LogP contribution in [0.2, 0.25) is 0 Å². The molecule has 1 aromatic rings. The lowest BCUT2D eigenvalue weighted by Gasteiger charge is -2.21. The maximum absolute atomic E-state index is 5.40. The first kappa shape index (κ1) is 12.4. The van der Waals surface area contributed by atoms with Gasteiger partial charge < -0.3 is 9.64 Å². The van der Waals surface area contributed by atoms with Crippen LogP contribution in [0.4, 0.5) is 5.69 Å². The summed E-state index contributed by atoms with van der Waals surface area (Å²) in [5.41, 5.74) is 2.64. The highest BCUT2D eigenvalue weighted by Gasteiger charge is 2.23. The molecule has 0 saturated carbocycles. The minimum Gasteiger partial charge on any atom is -0.380 e. The quantitative estimate of drug-likeness (QED) is 0.774. The fraction of sp³-hybridized carbons (Fsp3) is 0.500. The fourth-order valence-corrected chi connectivity index (χ4v) is 2.97. The van der Waals surface area contributed by atoms with Crippen LogP contribution in [0.5, 0.6) is 0 Å². The molecule has 16 heavy (non-hydrogen) atoms. The largest absolute Gasteiger partial charge is 0.380 e. The van der Waals surface area contributed by atoms with E-state index in [0.717, 1.165) is 29.3 Å². The van der Waals surface area contributed by atoms with Crippen molar-refractivity contribution < 1.29 is 4.74 Å². The van der Waals surface area contributed by atoms with E-state index in [1.54, 1.807) is 7.11 Å². The summed E-state index contributed by atoms with van der Waals surface area (Å²) < 4.78 is 6.53. The monoisotopic (exact) mass is 347 g/mol. The summed E-state index contributed by atoms with van der Waals surface area (Å²) in [7, 11) is 1.79. The third-order valence-corrected chi connectivity index (χ3v) is 4.10. The Hall–Kier alpha value is -0.0600. The lowest BCUT2D eigenvalue weighted by atomic mass is 10.2. The van der Waals surface area contributed by atoms with E-state index >= 15 is 0 Å². The second kappa shape index (κ2) is 5.52. The zero-order valence-corrected chi connectivity index (χ0v) is 12.4. The van der Waals surface area contributed by atoms with Gasteiger partial charge in [0.15, 0.2) is 0 Å². The number of alkyl halides is 1. The Kier molecular flexibility index (Phi) is 4.27. The van der Waals surface area contributed by atoms with Crippen molar-refractivity contribution in [3.63, 3.8) is 0 Å². The molecule has 2 rings (SSSR count). The predicted molar refractivity (Wildman–Crippen MR) is 74.4 cm³/mol. The summed E-state index contributed by atoms with van der Waals surface area (Å²) in [5.74, 6) is 0. The first-order valence-electron chi connectivity index (χ1n) is 5.36. The van der Waals surface area contributed by atoms with Crippen molar-refractivity contribution in [3.8, 4) is 0 Å². The van der Waals surface area contributed by atoms with Crippen molar-refractivity contribution in [2.45, 2.75) is 17.9 Å². The van der Waals surface area contributed by atoms with Gasteiger partial charge in [-0.05, 0) is 30.2 Å². The predicted octanol–water partition coefficient (Wildman–Crippen LogP) is 3.57. The van der Waals surface area contributed by atoms with Crippen LogP contribution < -0.4 is 4.90 Å². The Labute approximate surface area is 113 Å². The van der Waals surface area contributed by atoms with Gasteiger partial charge in [-0.15, -0.1) is 0 Å². The number of halogens is 2. The van der Waals surface area contributed by atoms with Crippen LogP contribution >= 0.6 is 31.9 Å². The average molecular weight is 349 g/mol. The molecule has 88 valence electrons. The number of benzene rings is 1. The zero-order chi connectivity index (χ0) is 11.5. The van der Waals surface area contributed by atoms with Gasteiger partial charge in [0, 0.05) is 35.7 Å². The van der Waals surface area contributed by atoms with Crippen molar-refractivity contribution in [2.24, 2.45) is 0 Å². The third-order valence-electron chi connectivity index (χ3n) is 3.00. The smallest absolute Gasteiger partial charge is 0.0762 e. The summed E-state index contributed by atoms with van der Waals surface area (Å²) in [5, 5.41) is 0.885. The summed E-state index contributed by atoms with van der Waals surface area (Å²) in [6, 6.07) is 6.45. The molecule has 0 spiro atoms. The highest BCUT2D eigenvalue weighted by molar-refractivity contribution is 9.10. The molecule has 1 aliphatic rings. The second-order valence-corrected chi connectivity index (χ2v) is 5.48. The van der Waals surface area contributed by atoms with Gasteiger partial charge in [0.1, 0.15) is 0 Å². The van der Waals surface area contributed by atoms with Crippen LogP contribution in [0.1, 0.15) is 12.0 Å². The normalized spacial score (nSPS) is 20.4. The van der Waals surface area contributed by atoms with E-state index in [1.807, 2.05) is 0 Å². The van der Waals surface area contributed by atoms with Crippen molar-refractivity contribution in [1.82, 2.24) is 0 Å². The van der Waals surface area contributed by atoms with E-state index in [1.165, 1.54) is 11.3 Å². The Bertz CT molecular complexity index is 370. The Morgan fingerprint density at radius 3 is 2.94 bits per heavy atom. The Balaban J connectivity index is 2.20. The number of rotatable bonds is 3. The number of ether oxygens (including phenoxy) is 1. The molecule has 4 heteroatoms. The van der Waals surface area contributed by atoms with Crippen LogP contribution in [-0.2, 0) is 10.1 Å². The topological polar surface area (TPSA) is 12.5 Å². The van der Waals surface area contributed by atoms with Gasteiger partial charge >= 0.3 is 0 Å². The fourth-order valence-electron chi connectivity index (χ4n) is 2.11. The molecule has 1 aliphatic heterocycles. The summed E-state index contributed by atoms with van der Waals surface area (Å²) >= 11 is 7.05. The molecule has 1 fully saturated rings. The summed E-state index contributed by atoms with van der Waals surface area (Å²) in [4.78, 5) is 2.40. The zero-order valence-electron chi connectivity index (χ0n) is 9.25. The molecule has 1 aromatic carbocycles. The molecule has 0 N–H and O–H groups in total.